The summed E-state index contributed by atoms with van der Waals surface area (Å²) in [5.41, 5.74) is 0. The average Bonchev–Trinajstić information content (AvgIpc) is 2.27. The minimum absolute atomic E-state index is 0.638. The molecular weight excluding hydrogens is 200 g/mol. The van der Waals surface area contributed by atoms with E-state index in [2.05, 4.69) is 37.9 Å². The summed E-state index contributed by atoms with van der Waals surface area (Å²) < 4.78 is 5.15. The summed E-state index contributed by atoms with van der Waals surface area (Å²) in [6.07, 6.45) is 1.20. The molecule has 0 amide bonds. The lowest BCUT2D eigenvalue weighted by Crippen LogP contribution is -2.44. The second-order valence-electron chi connectivity index (χ2n) is 4.74. The lowest BCUT2D eigenvalue weighted by molar-refractivity contribution is 0.120. The smallest absolute Gasteiger partial charge is 0.0589 e. The lowest BCUT2D eigenvalue weighted by Gasteiger charge is -2.30. The zero-order chi connectivity index (χ0) is 12.4. The van der Waals surface area contributed by atoms with Crippen molar-refractivity contribution in [3.63, 3.8) is 0 Å². The molecule has 0 rings (SSSR count). The molecule has 0 aromatic carbocycles. The molecule has 1 unspecified atom stereocenters. The van der Waals surface area contributed by atoms with Crippen LogP contribution in [0.25, 0.3) is 0 Å². The largest absolute Gasteiger partial charge is 0.383 e. The van der Waals surface area contributed by atoms with Crippen LogP contribution in [-0.4, -0.2) is 50.8 Å². The number of nitrogens with one attached hydrogen (secondary N) is 1. The molecule has 0 aliphatic carbocycles. The van der Waals surface area contributed by atoms with Crippen LogP contribution in [-0.2, 0) is 4.74 Å². The highest BCUT2D eigenvalue weighted by molar-refractivity contribution is 4.72. The predicted octanol–water partition coefficient (Wildman–Crippen LogP) is 1.98. The van der Waals surface area contributed by atoms with Crippen molar-refractivity contribution in [3.8, 4) is 0 Å². The van der Waals surface area contributed by atoms with Gasteiger partial charge in [0.05, 0.1) is 6.61 Å². The van der Waals surface area contributed by atoms with E-state index in [0.717, 1.165) is 38.7 Å². The summed E-state index contributed by atoms with van der Waals surface area (Å²) in [5.74, 6) is 0.728. The molecule has 0 spiro atoms. The van der Waals surface area contributed by atoms with E-state index < -0.39 is 0 Å². The molecule has 3 nitrogen and oxygen atoms in total. The van der Waals surface area contributed by atoms with Crippen LogP contribution in [0.2, 0.25) is 0 Å². The number of hydrogen-bond donors (Lipinski definition) is 1. The van der Waals surface area contributed by atoms with Crippen LogP contribution < -0.4 is 5.32 Å². The lowest BCUT2D eigenvalue weighted by atomic mass is 10.1. The van der Waals surface area contributed by atoms with Gasteiger partial charge in [-0.25, -0.2) is 0 Å². The maximum Gasteiger partial charge on any atom is 0.0589 e. The Bertz CT molecular complexity index is 151. The summed E-state index contributed by atoms with van der Waals surface area (Å²) in [6, 6.07) is 0.638. The van der Waals surface area contributed by atoms with E-state index in [1.165, 1.54) is 6.42 Å². The molecule has 0 radical (unpaired) electrons. The fourth-order valence-electron chi connectivity index (χ4n) is 1.88. The van der Waals surface area contributed by atoms with E-state index in [-0.39, 0.29) is 0 Å². The van der Waals surface area contributed by atoms with E-state index in [0.29, 0.717) is 6.04 Å². The van der Waals surface area contributed by atoms with E-state index in [4.69, 9.17) is 4.74 Å². The highest BCUT2D eigenvalue weighted by atomic mass is 16.5. The molecule has 0 aliphatic heterocycles. The standard InChI is InChI=1S/C13H30N2O/c1-6-13(11-14-10-12(3)4)15(7-2)8-9-16-5/h12-14H,6-11H2,1-5H3. The van der Waals surface area contributed by atoms with Crippen LogP contribution in [0, 0.1) is 5.92 Å². The Labute approximate surface area is 102 Å². The molecule has 0 saturated heterocycles. The third-order valence-corrected chi connectivity index (χ3v) is 2.91. The number of likely N-dealkylation sites (N-methyl/N-ethyl adjacent to an activating group) is 1. The SMILES string of the molecule is CCC(CNCC(C)C)N(CC)CCOC. The monoisotopic (exact) mass is 230 g/mol. The van der Waals surface area contributed by atoms with E-state index in [9.17, 15) is 0 Å². The van der Waals surface area contributed by atoms with Crippen molar-refractivity contribution in [1.82, 2.24) is 10.2 Å². The fourth-order valence-corrected chi connectivity index (χ4v) is 1.88. The van der Waals surface area contributed by atoms with Gasteiger partial charge in [0.2, 0.25) is 0 Å². The zero-order valence-corrected chi connectivity index (χ0v) is 11.8. The van der Waals surface area contributed by atoms with Crippen molar-refractivity contribution < 1.29 is 4.74 Å². The second kappa shape index (κ2) is 10.1. The predicted molar refractivity (Wildman–Crippen MR) is 70.9 cm³/mol. The molecular formula is C13H30N2O. The molecule has 0 saturated carbocycles. The molecule has 0 bridgehead atoms. The summed E-state index contributed by atoms with van der Waals surface area (Å²) >= 11 is 0. The molecule has 98 valence electrons. The van der Waals surface area contributed by atoms with Crippen molar-refractivity contribution in [2.24, 2.45) is 5.92 Å². The molecule has 0 aromatic heterocycles. The number of nitrogens with zero attached hydrogens (tertiary/aromatic N) is 1. The van der Waals surface area contributed by atoms with Crippen LogP contribution in [0.5, 0.6) is 0 Å². The van der Waals surface area contributed by atoms with Gasteiger partial charge in [0, 0.05) is 26.2 Å². The maximum atomic E-state index is 5.15. The van der Waals surface area contributed by atoms with Crippen molar-refractivity contribution in [3.05, 3.63) is 0 Å². The quantitative estimate of drug-likeness (QED) is 0.621. The Hall–Kier alpha value is -0.120. The molecule has 3 heteroatoms. The van der Waals surface area contributed by atoms with E-state index in [1.54, 1.807) is 7.11 Å². The summed E-state index contributed by atoms with van der Waals surface area (Å²) in [5, 5.41) is 3.54. The van der Waals surface area contributed by atoms with Crippen molar-refractivity contribution in [2.45, 2.75) is 40.2 Å². The summed E-state index contributed by atoms with van der Waals surface area (Å²) in [7, 11) is 1.77. The van der Waals surface area contributed by atoms with Gasteiger partial charge in [-0.05, 0) is 25.4 Å². The minimum Gasteiger partial charge on any atom is -0.383 e. The Morgan fingerprint density at radius 1 is 1.19 bits per heavy atom. The average molecular weight is 230 g/mol. The summed E-state index contributed by atoms with van der Waals surface area (Å²) in [6.45, 7) is 14.1. The van der Waals surface area contributed by atoms with Gasteiger partial charge in [0.1, 0.15) is 0 Å². The van der Waals surface area contributed by atoms with Gasteiger partial charge in [0.25, 0.3) is 0 Å². The van der Waals surface area contributed by atoms with Gasteiger partial charge >= 0.3 is 0 Å². The van der Waals surface area contributed by atoms with Crippen LogP contribution in [0.15, 0.2) is 0 Å². The van der Waals surface area contributed by atoms with Crippen LogP contribution in [0.4, 0.5) is 0 Å². The highest BCUT2D eigenvalue weighted by Crippen LogP contribution is 2.03. The number of rotatable bonds is 10. The first-order valence-corrected chi connectivity index (χ1v) is 6.59. The molecule has 0 aromatic rings. The highest BCUT2D eigenvalue weighted by Gasteiger charge is 2.14. The first kappa shape index (κ1) is 15.9. The molecule has 0 fully saturated rings. The Kier molecular flexibility index (Phi) is 9.99. The van der Waals surface area contributed by atoms with E-state index >= 15 is 0 Å². The van der Waals surface area contributed by atoms with Crippen molar-refractivity contribution in [2.75, 3.05) is 39.9 Å². The molecule has 0 heterocycles. The molecule has 0 aliphatic rings. The van der Waals surface area contributed by atoms with Gasteiger partial charge in [-0.3, -0.25) is 4.90 Å². The number of hydrogen-bond acceptors (Lipinski definition) is 3. The van der Waals surface area contributed by atoms with Gasteiger partial charge in [-0.2, -0.15) is 0 Å². The Balaban J connectivity index is 3.91. The number of ether oxygens (including phenoxy) is 1. The van der Waals surface area contributed by atoms with Crippen LogP contribution in [0.3, 0.4) is 0 Å². The topological polar surface area (TPSA) is 24.5 Å². The third kappa shape index (κ3) is 7.20. The minimum atomic E-state index is 0.638. The summed E-state index contributed by atoms with van der Waals surface area (Å²) in [4.78, 5) is 2.50. The zero-order valence-electron chi connectivity index (χ0n) is 11.8. The Morgan fingerprint density at radius 3 is 2.31 bits per heavy atom. The normalized spacial score (nSPS) is 13.7. The first-order chi connectivity index (χ1) is 7.65. The molecule has 1 atom stereocenters. The van der Waals surface area contributed by atoms with Crippen LogP contribution in [0.1, 0.15) is 34.1 Å². The van der Waals surface area contributed by atoms with Gasteiger partial charge < -0.3 is 10.1 Å². The fraction of sp³-hybridized carbons (Fsp3) is 1.00. The molecule has 1 N–H and O–H groups in total. The molecule has 16 heavy (non-hydrogen) atoms. The third-order valence-electron chi connectivity index (χ3n) is 2.91. The van der Waals surface area contributed by atoms with Gasteiger partial charge in [-0.1, -0.05) is 27.7 Å². The first-order valence-electron chi connectivity index (χ1n) is 6.59. The Morgan fingerprint density at radius 2 is 1.88 bits per heavy atom. The number of methoxy groups -OCH3 is 1. The van der Waals surface area contributed by atoms with Crippen molar-refractivity contribution >= 4 is 0 Å². The van der Waals surface area contributed by atoms with Crippen LogP contribution >= 0.6 is 0 Å². The van der Waals surface area contributed by atoms with Crippen molar-refractivity contribution in [1.29, 1.82) is 0 Å². The van der Waals surface area contributed by atoms with Gasteiger partial charge in [0.15, 0.2) is 0 Å². The maximum absolute atomic E-state index is 5.15. The second-order valence-corrected chi connectivity index (χ2v) is 4.74. The van der Waals surface area contributed by atoms with E-state index in [1.807, 2.05) is 0 Å². The van der Waals surface area contributed by atoms with Gasteiger partial charge in [-0.15, -0.1) is 0 Å².